The summed E-state index contributed by atoms with van der Waals surface area (Å²) in [5.41, 5.74) is 6.15. The minimum absolute atomic E-state index is 0.301. The fraction of sp³-hybridized carbons (Fsp3) is 0.263. The second-order valence-corrected chi connectivity index (χ2v) is 12.5. The van der Waals surface area contributed by atoms with E-state index >= 15 is 0 Å². The minimum Gasteiger partial charge on any atom is -0.306 e. The number of rotatable bonds is 11. The Kier molecular flexibility index (Phi) is 10.0. The third-order valence-electron chi connectivity index (χ3n) is 8.58. The van der Waals surface area contributed by atoms with Crippen molar-refractivity contribution in [2.24, 2.45) is 0 Å². The Morgan fingerprint density at radius 3 is 1.95 bits per heavy atom. The van der Waals surface area contributed by atoms with Crippen LogP contribution in [0.2, 0.25) is 10.0 Å². The van der Waals surface area contributed by atoms with Gasteiger partial charge in [0.1, 0.15) is 0 Å². The monoisotopic (exact) mass is 594 g/mol. The normalized spacial score (nSPS) is 13.9. The van der Waals surface area contributed by atoms with Crippen LogP contribution in [0.4, 0.5) is 0 Å². The molecule has 0 saturated carbocycles. The Hall–Kier alpha value is -3.14. The molecule has 2 nitrogen and oxygen atoms in total. The molecule has 0 aliphatic heterocycles. The predicted octanol–water partition coefficient (Wildman–Crippen LogP) is 9.63. The van der Waals surface area contributed by atoms with Crippen LogP contribution in [0.5, 0.6) is 0 Å². The molecule has 0 aromatic heterocycles. The first kappa shape index (κ1) is 30.3. The number of likely N-dealkylation sites (N-methyl/N-ethyl adjacent to an activating group) is 2. The highest BCUT2D eigenvalue weighted by Gasteiger charge is 2.30. The summed E-state index contributed by atoms with van der Waals surface area (Å²) in [4.78, 5) is 4.82. The molecule has 3 atom stereocenters. The van der Waals surface area contributed by atoms with Gasteiger partial charge < -0.3 is 9.80 Å². The van der Waals surface area contributed by atoms with Gasteiger partial charge in [0.2, 0.25) is 0 Å². The van der Waals surface area contributed by atoms with Gasteiger partial charge in [-0.3, -0.25) is 0 Å². The van der Waals surface area contributed by atoms with E-state index in [1.54, 1.807) is 0 Å². The second-order valence-electron chi connectivity index (χ2n) is 11.8. The average molecular weight is 596 g/mol. The van der Waals surface area contributed by atoms with E-state index in [9.17, 15) is 0 Å². The number of halogens is 2. The fourth-order valence-corrected chi connectivity index (χ4v) is 6.60. The highest BCUT2D eigenvalue weighted by molar-refractivity contribution is 6.43. The van der Waals surface area contributed by atoms with E-state index in [1.807, 2.05) is 18.2 Å². The SMILES string of the molecule is CN(C)C(Cc1ccccc1)CC(c1cccc2ccccc12)C(Cc1ccc(-c2cccc(Cl)c2Cl)cc1)N(C)C. The molecule has 0 amide bonds. The molecule has 216 valence electrons. The van der Waals surface area contributed by atoms with Gasteiger partial charge in [0.15, 0.2) is 0 Å². The summed E-state index contributed by atoms with van der Waals surface area (Å²) in [6, 6.07) is 41.8. The van der Waals surface area contributed by atoms with Crippen molar-refractivity contribution >= 4 is 34.0 Å². The zero-order chi connectivity index (χ0) is 29.6. The van der Waals surface area contributed by atoms with Gasteiger partial charge in [0, 0.05) is 23.6 Å². The molecule has 0 aliphatic rings. The minimum atomic E-state index is 0.301. The lowest BCUT2D eigenvalue weighted by Crippen LogP contribution is -2.40. The Morgan fingerprint density at radius 1 is 0.595 bits per heavy atom. The molecular weight excluding hydrogens is 555 g/mol. The van der Waals surface area contributed by atoms with E-state index < -0.39 is 0 Å². The molecule has 0 aliphatic carbocycles. The molecule has 0 heterocycles. The third-order valence-corrected chi connectivity index (χ3v) is 9.40. The van der Waals surface area contributed by atoms with Crippen LogP contribution in [0.3, 0.4) is 0 Å². The van der Waals surface area contributed by atoms with Crippen LogP contribution in [0.25, 0.3) is 21.9 Å². The van der Waals surface area contributed by atoms with Crippen LogP contribution >= 0.6 is 23.2 Å². The lowest BCUT2D eigenvalue weighted by atomic mass is 9.79. The van der Waals surface area contributed by atoms with Crippen molar-refractivity contribution in [2.45, 2.75) is 37.3 Å². The van der Waals surface area contributed by atoms with Crippen LogP contribution in [-0.4, -0.2) is 50.1 Å². The van der Waals surface area contributed by atoms with Gasteiger partial charge in [-0.1, -0.05) is 132 Å². The predicted molar refractivity (Wildman–Crippen MR) is 182 cm³/mol. The van der Waals surface area contributed by atoms with Gasteiger partial charge in [-0.05, 0) is 86.5 Å². The average Bonchev–Trinajstić information content (AvgIpc) is 3.00. The Labute approximate surface area is 261 Å². The molecule has 0 N–H and O–H groups in total. The Bertz CT molecular complexity index is 1590. The van der Waals surface area contributed by atoms with Crippen molar-refractivity contribution in [3.05, 3.63) is 142 Å². The molecule has 5 aromatic rings. The van der Waals surface area contributed by atoms with Crippen molar-refractivity contribution in [1.29, 1.82) is 0 Å². The van der Waals surface area contributed by atoms with Gasteiger partial charge in [0.05, 0.1) is 10.0 Å². The molecule has 5 rings (SSSR count). The smallest absolute Gasteiger partial charge is 0.0670 e. The molecule has 0 fully saturated rings. The van der Waals surface area contributed by atoms with E-state index in [1.165, 1.54) is 27.5 Å². The molecule has 3 unspecified atom stereocenters. The van der Waals surface area contributed by atoms with Crippen LogP contribution in [0.1, 0.15) is 29.0 Å². The van der Waals surface area contributed by atoms with E-state index in [0.717, 1.165) is 30.4 Å². The zero-order valence-corrected chi connectivity index (χ0v) is 26.5. The van der Waals surface area contributed by atoms with E-state index in [0.29, 0.717) is 28.0 Å². The summed E-state index contributed by atoms with van der Waals surface area (Å²) in [5.74, 6) is 0.323. The highest BCUT2D eigenvalue weighted by Crippen LogP contribution is 2.37. The standard InChI is InChI=1S/C38H40Cl2N2/c1-41(2)31(24-27-12-6-5-7-13-27)26-35(34-18-10-15-29-14-8-9-16-32(29)34)37(42(3)4)25-28-20-22-30(23-21-28)33-17-11-19-36(39)38(33)40/h5-23,31,35,37H,24-26H2,1-4H3. The Morgan fingerprint density at radius 2 is 1.24 bits per heavy atom. The Balaban J connectivity index is 1.51. The molecule has 4 heteroatoms. The largest absolute Gasteiger partial charge is 0.306 e. The van der Waals surface area contributed by atoms with Crippen molar-refractivity contribution in [1.82, 2.24) is 9.80 Å². The quantitative estimate of drug-likeness (QED) is 0.150. The van der Waals surface area contributed by atoms with Gasteiger partial charge in [0.25, 0.3) is 0 Å². The van der Waals surface area contributed by atoms with Crippen molar-refractivity contribution < 1.29 is 0 Å². The molecule has 0 radical (unpaired) electrons. The number of hydrogen-bond acceptors (Lipinski definition) is 2. The van der Waals surface area contributed by atoms with Crippen molar-refractivity contribution in [3.8, 4) is 11.1 Å². The van der Waals surface area contributed by atoms with Crippen LogP contribution < -0.4 is 0 Å². The van der Waals surface area contributed by atoms with Gasteiger partial charge in [-0.15, -0.1) is 0 Å². The van der Waals surface area contributed by atoms with Crippen LogP contribution in [0, 0.1) is 0 Å². The van der Waals surface area contributed by atoms with Crippen molar-refractivity contribution in [3.63, 3.8) is 0 Å². The zero-order valence-electron chi connectivity index (χ0n) is 25.0. The lowest BCUT2D eigenvalue weighted by molar-refractivity contribution is 0.197. The van der Waals surface area contributed by atoms with Gasteiger partial charge in [-0.2, -0.15) is 0 Å². The first-order valence-corrected chi connectivity index (χ1v) is 15.4. The molecule has 0 saturated heterocycles. The fourth-order valence-electron chi connectivity index (χ4n) is 6.19. The maximum absolute atomic E-state index is 6.54. The maximum atomic E-state index is 6.54. The number of nitrogens with zero attached hydrogens (tertiary/aromatic N) is 2. The highest BCUT2D eigenvalue weighted by atomic mass is 35.5. The molecular formula is C38H40Cl2N2. The molecule has 0 spiro atoms. The summed E-state index contributed by atoms with van der Waals surface area (Å²) in [7, 11) is 8.89. The maximum Gasteiger partial charge on any atom is 0.0670 e. The van der Waals surface area contributed by atoms with Crippen molar-refractivity contribution in [2.75, 3.05) is 28.2 Å². The molecule has 0 bridgehead atoms. The number of hydrogen-bond donors (Lipinski definition) is 0. The summed E-state index contributed by atoms with van der Waals surface area (Å²) in [5, 5.41) is 3.82. The molecule has 42 heavy (non-hydrogen) atoms. The summed E-state index contributed by atoms with van der Waals surface area (Å²) >= 11 is 12.8. The van der Waals surface area contributed by atoms with Gasteiger partial charge in [-0.25, -0.2) is 0 Å². The van der Waals surface area contributed by atoms with E-state index in [4.69, 9.17) is 23.2 Å². The topological polar surface area (TPSA) is 6.48 Å². The number of benzene rings is 5. The third kappa shape index (κ3) is 7.07. The summed E-state index contributed by atoms with van der Waals surface area (Å²) < 4.78 is 0. The lowest BCUT2D eigenvalue weighted by Gasteiger charge is -2.37. The first-order chi connectivity index (χ1) is 20.3. The van der Waals surface area contributed by atoms with E-state index in [2.05, 4.69) is 135 Å². The van der Waals surface area contributed by atoms with Crippen LogP contribution in [0.15, 0.2) is 115 Å². The first-order valence-electron chi connectivity index (χ1n) is 14.7. The second kappa shape index (κ2) is 13.9. The molecule has 5 aromatic carbocycles. The van der Waals surface area contributed by atoms with Crippen LogP contribution in [-0.2, 0) is 12.8 Å². The summed E-state index contributed by atoms with van der Waals surface area (Å²) in [6.07, 6.45) is 3.01. The summed E-state index contributed by atoms with van der Waals surface area (Å²) in [6.45, 7) is 0. The van der Waals surface area contributed by atoms with E-state index in [-0.39, 0.29) is 0 Å². The van der Waals surface area contributed by atoms with Gasteiger partial charge >= 0.3 is 0 Å². The number of fused-ring (bicyclic) bond motifs is 1.